The Bertz CT molecular complexity index is 1040. The van der Waals surface area contributed by atoms with Crippen molar-refractivity contribution in [3.8, 4) is 5.75 Å². The van der Waals surface area contributed by atoms with Crippen molar-refractivity contribution in [3.05, 3.63) is 64.7 Å². The summed E-state index contributed by atoms with van der Waals surface area (Å²) in [6.07, 6.45) is 4.87. The highest BCUT2D eigenvalue weighted by Gasteiger charge is 2.44. The number of nitrogens with one attached hydrogen (secondary N) is 1. The van der Waals surface area contributed by atoms with Crippen LogP contribution in [0, 0.1) is 12.8 Å². The average molecular weight is 480 g/mol. The third-order valence-corrected chi connectivity index (χ3v) is 7.55. The number of hydrogen-bond acceptors (Lipinski definition) is 5. The Balaban J connectivity index is 1.50. The maximum atomic E-state index is 13.3. The van der Waals surface area contributed by atoms with E-state index in [4.69, 9.17) is 14.2 Å². The predicted molar refractivity (Wildman–Crippen MR) is 135 cm³/mol. The molecule has 2 aromatic carbocycles. The van der Waals surface area contributed by atoms with E-state index in [2.05, 4.69) is 43.4 Å². The lowest BCUT2D eigenvalue weighted by Gasteiger charge is -2.38. The van der Waals surface area contributed by atoms with Crippen LogP contribution >= 0.6 is 0 Å². The first-order valence-electron chi connectivity index (χ1n) is 12.7. The van der Waals surface area contributed by atoms with Gasteiger partial charge in [-0.15, -0.1) is 0 Å². The minimum absolute atomic E-state index is 0.270. The topological polar surface area (TPSA) is 73.9 Å². The summed E-state index contributed by atoms with van der Waals surface area (Å²) < 4.78 is 16.7. The summed E-state index contributed by atoms with van der Waals surface area (Å²) in [5.74, 6) is 0.929. The molecule has 0 spiro atoms. The molecule has 0 atom stereocenters. The van der Waals surface area contributed by atoms with Crippen LogP contribution in [-0.4, -0.2) is 44.3 Å². The summed E-state index contributed by atoms with van der Waals surface area (Å²) in [5.41, 5.74) is 3.02. The molecule has 0 bridgehead atoms. The van der Waals surface area contributed by atoms with E-state index in [-0.39, 0.29) is 17.8 Å². The second-order valence-corrected chi connectivity index (χ2v) is 9.95. The van der Waals surface area contributed by atoms with Crippen molar-refractivity contribution in [3.63, 3.8) is 0 Å². The van der Waals surface area contributed by atoms with Gasteiger partial charge in [0.1, 0.15) is 11.3 Å². The van der Waals surface area contributed by atoms with Crippen LogP contribution < -0.4 is 10.1 Å². The second-order valence-electron chi connectivity index (χ2n) is 9.95. The van der Waals surface area contributed by atoms with Crippen LogP contribution in [0.3, 0.4) is 0 Å². The largest absolute Gasteiger partial charge is 0.493 e. The quantitative estimate of drug-likeness (QED) is 0.514. The van der Waals surface area contributed by atoms with Gasteiger partial charge in [0.05, 0.1) is 26.9 Å². The molecule has 1 saturated heterocycles. The normalized spacial score (nSPS) is 22.2. The number of ether oxygens (including phenoxy) is 3. The molecule has 6 nitrogen and oxygen atoms in total. The Hall–Kier alpha value is -2.86. The fourth-order valence-corrected chi connectivity index (χ4v) is 5.14. The third kappa shape index (κ3) is 5.87. The van der Waals surface area contributed by atoms with Crippen molar-refractivity contribution in [2.24, 2.45) is 5.92 Å². The molecule has 1 aliphatic heterocycles. The third-order valence-electron chi connectivity index (χ3n) is 7.55. The van der Waals surface area contributed by atoms with Gasteiger partial charge < -0.3 is 19.5 Å². The van der Waals surface area contributed by atoms with Gasteiger partial charge in [0.2, 0.25) is 0 Å². The first kappa shape index (κ1) is 25.2. The van der Waals surface area contributed by atoms with Gasteiger partial charge in [-0.25, -0.2) is 4.79 Å². The molecule has 2 fully saturated rings. The van der Waals surface area contributed by atoms with Gasteiger partial charge in [-0.2, -0.15) is 0 Å². The minimum Gasteiger partial charge on any atom is -0.493 e. The number of carbonyl (C=O) groups excluding carboxylic acids is 2. The van der Waals surface area contributed by atoms with Gasteiger partial charge >= 0.3 is 5.97 Å². The van der Waals surface area contributed by atoms with Crippen LogP contribution in [0.15, 0.2) is 42.5 Å². The number of carbonyl (C=O) groups is 2. The van der Waals surface area contributed by atoms with Crippen molar-refractivity contribution >= 4 is 11.9 Å². The smallest absolute Gasteiger partial charge is 0.331 e. The van der Waals surface area contributed by atoms with E-state index >= 15 is 0 Å². The van der Waals surface area contributed by atoms with Crippen molar-refractivity contribution in [1.29, 1.82) is 0 Å². The summed E-state index contributed by atoms with van der Waals surface area (Å²) in [6, 6.07) is 14.0. The molecule has 1 heterocycles. The standard InChI is InChI=1S/C29H37NO5/c1-4-21-10-13-29(14-11-21,28(32)33-3)30-27(31)23-8-9-25(24-18-34-19-24)26(17-23)35-15-12-22-7-5-6-20(2)16-22/h5-9,16-17,21,24H,4,10-15,18-19H2,1-3H3,(H,30,31). The summed E-state index contributed by atoms with van der Waals surface area (Å²) in [7, 11) is 1.39. The molecule has 4 rings (SSSR count). The van der Waals surface area contributed by atoms with Crippen LogP contribution in [0.2, 0.25) is 0 Å². The van der Waals surface area contributed by atoms with E-state index < -0.39 is 5.54 Å². The van der Waals surface area contributed by atoms with Gasteiger partial charge in [0.15, 0.2) is 0 Å². The Kier molecular flexibility index (Phi) is 8.11. The summed E-state index contributed by atoms with van der Waals surface area (Å²) in [5, 5.41) is 3.04. The molecular formula is C29H37NO5. The second kappa shape index (κ2) is 11.3. The van der Waals surface area contributed by atoms with Crippen molar-refractivity contribution in [2.75, 3.05) is 26.9 Å². The van der Waals surface area contributed by atoms with E-state index in [1.54, 1.807) is 0 Å². The molecule has 2 aromatic rings. The highest BCUT2D eigenvalue weighted by atomic mass is 16.5. The SMILES string of the molecule is CCC1CCC(NC(=O)c2ccc(C3COC3)c(OCCc3cccc(C)c3)c2)(C(=O)OC)CC1. The number of esters is 1. The molecule has 188 valence electrons. The Morgan fingerprint density at radius 3 is 2.51 bits per heavy atom. The lowest BCUT2D eigenvalue weighted by atomic mass is 9.75. The molecule has 1 N–H and O–H groups in total. The molecule has 0 unspecified atom stereocenters. The van der Waals surface area contributed by atoms with Crippen molar-refractivity contribution in [2.45, 2.75) is 63.8 Å². The molecular weight excluding hydrogens is 442 g/mol. The Morgan fingerprint density at radius 1 is 1.11 bits per heavy atom. The monoisotopic (exact) mass is 479 g/mol. The molecule has 1 amide bonds. The van der Waals surface area contributed by atoms with Crippen LogP contribution in [0.25, 0.3) is 0 Å². The molecule has 0 aromatic heterocycles. The average Bonchev–Trinajstić information content (AvgIpc) is 2.83. The highest BCUT2D eigenvalue weighted by molar-refractivity contribution is 5.98. The highest BCUT2D eigenvalue weighted by Crippen LogP contribution is 2.36. The van der Waals surface area contributed by atoms with Crippen LogP contribution in [0.5, 0.6) is 5.75 Å². The Morgan fingerprint density at radius 2 is 1.89 bits per heavy atom. The fraction of sp³-hybridized carbons (Fsp3) is 0.517. The zero-order chi connectivity index (χ0) is 24.8. The summed E-state index contributed by atoms with van der Waals surface area (Å²) >= 11 is 0. The molecule has 1 aliphatic carbocycles. The van der Waals surface area contributed by atoms with E-state index in [0.29, 0.717) is 49.9 Å². The first-order valence-corrected chi connectivity index (χ1v) is 12.7. The van der Waals surface area contributed by atoms with Crippen LogP contribution in [-0.2, 0) is 20.7 Å². The first-order chi connectivity index (χ1) is 16.9. The van der Waals surface area contributed by atoms with Crippen LogP contribution in [0.1, 0.15) is 72.0 Å². The summed E-state index contributed by atoms with van der Waals surface area (Å²) in [6.45, 7) is 6.08. The number of hydrogen-bond donors (Lipinski definition) is 1. The number of methoxy groups -OCH3 is 1. The molecule has 6 heteroatoms. The van der Waals surface area contributed by atoms with Gasteiger partial charge in [0, 0.05) is 23.5 Å². The maximum absolute atomic E-state index is 13.3. The predicted octanol–water partition coefficient (Wildman–Crippen LogP) is 4.97. The number of amides is 1. The zero-order valence-electron chi connectivity index (χ0n) is 21.1. The lowest BCUT2D eigenvalue weighted by molar-refractivity contribution is -0.150. The van der Waals surface area contributed by atoms with E-state index in [1.165, 1.54) is 18.2 Å². The molecule has 0 radical (unpaired) electrons. The molecule has 2 aliphatic rings. The minimum atomic E-state index is -0.968. The van der Waals surface area contributed by atoms with Crippen LogP contribution in [0.4, 0.5) is 0 Å². The lowest BCUT2D eigenvalue weighted by Crippen LogP contribution is -2.56. The Labute approximate surface area is 208 Å². The molecule has 35 heavy (non-hydrogen) atoms. The fourth-order valence-electron chi connectivity index (χ4n) is 5.14. The van der Waals surface area contributed by atoms with Crippen molar-refractivity contribution < 1.29 is 23.8 Å². The van der Waals surface area contributed by atoms with Gasteiger partial charge in [-0.1, -0.05) is 49.2 Å². The van der Waals surface area contributed by atoms with Gasteiger partial charge in [0.25, 0.3) is 5.91 Å². The summed E-state index contributed by atoms with van der Waals surface area (Å²) in [4.78, 5) is 26.1. The maximum Gasteiger partial charge on any atom is 0.331 e. The molecule has 1 saturated carbocycles. The number of aryl methyl sites for hydroxylation is 1. The van der Waals surface area contributed by atoms with Gasteiger partial charge in [-0.3, -0.25) is 4.79 Å². The number of rotatable bonds is 9. The number of benzene rings is 2. The zero-order valence-corrected chi connectivity index (χ0v) is 21.1. The van der Waals surface area contributed by atoms with Crippen molar-refractivity contribution in [1.82, 2.24) is 5.32 Å². The van der Waals surface area contributed by atoms with E-state index in [0.717, 1.165) is 31.2 Å². The van der Waals surface area contributed by atoms with Gasteiger partial charge in [-0.05, 0) is 56.2 Å². The van der Waals surface area contributed by atoms with E-state index in [9.17, 15) is 9.59 Å². The van der Waals surface area contributed by atoms with E-state index in [1.807, 2.05) is 18.2 Å².